The van der Waals surface area contributed by atoms with Crippen molar-refractivity contribution < 1.29 is 9.53 Å². The molecule has 18 heavy (non-hydrogen) atoms. The lowest BCUT2D eigenvalue weighted by Gasteiger charge is -2.43. The van der Waals surface area contributed by atoms with E-state index >= 15 is 0 Å². The molecule has 0 radical (unpaired) electrons. The fraction of sp³-hybridized carbons (Fsp3) is 0.929. The average Bonchev–Trinajstić information content (AvgIpc) is 3.09. The van der Waals surface area contributed by atoms with E-state index in [9.17, 15) is 4.79 Å². The lowest BCUT2D eigenvalue weighted by atomic mass is 9.79. The van der Waals surface area contributed by atoms with Crippen molar-refractivity contribution in [3.63, 3.8) is 0 Å². The Bertz CT molecular complexity index is 315. The van der Waals surface area contributed by atoms with E-state index in [2.05, 4.69) is 19.2 Å². The molecule has 2 rings (SSSR count). The zero-order chi connectivity index (χ0) is 13.2. The molecule has 0 aromatic carbocycles. The van der Waals surface area contributed by atoms with Gasteiger partial charge >= 0.3 is 5.97 Å². The van der Waals surface area contributed by atoms with Gasteiger partial charge in [-0.1, -0.05) is 13.8 Å². The molecular formula is C14H25NO2S. The number of carbonyl (C=O) groups excluding carboxylic acids is 1. The van der Waals surface area contributed by atoms with Gasteiger partial charge in [0, 0.05) is 5.75 Å². The average molecular weight is 271 g/mol. The van der Waals surface area contributed by atoms with Gasteiger partial charge in [-0.05, 0) is 49.8 Å². The Balaban J connectivity index is 2.06. The summed E-state index contributed by atoms with van der Waals surface area (Å²) in [6.45, 7) is 7.80. The standard InChI is InChI=1S/C14H25NO2S/c1-4-17-12(16)14(15-7-11-5-6-11)8-13(2,3)9-18-10-14/h11,15H,4-10H2,1-3H3. The molecule has 1 N–H and O–H groups in total. The Morgan fingerprint density at radius 1 is 1.39 bits per heavy atom. The number of ether oxygens (including phenoxy) is 1. The summed E-state index contributed by atoms with van der Waals surface area (Å²) >= 11 is 1.87. The van der Waals surface area contributed by atoms with Crippen LogP contribution >= 0.6 is 11.8 Å². The van der Waals surface area contributed by atoms with Gasteiger partial charge in [-0.25, -0.2) is 0 Å². The van der Waals surface area contributed by atoms with E-state index in [0.717, 1.165) is 30.4 Å². The fourth-order valence-electron chi connectivity index (χ4n) is 2.67. The fourth-order valence-corrected chi connectivity index (χ4v) is 4.10. The zero-order valence-electron chi connectivity index (χ0n) is 11.8. The highest BCUT2D eigenvalue weighted by molar-refractivity contribution is 7.99. The topological polar surface area (TPSA) is 38.3 Å². The SMILES string of the molecule is CCOC(=O)C1(NCC2CC2)CSCC(C)(C)C1. The van der Waals surface area contributed by atoms with E-state index in [1.807, 2.05) is 18.7 Å². The molecule has 3 nitrogen and oxygen atoms in total. The number of carbonyl (C=O) groups is 1. The summed E-state index contributed by atoms with van der Waals surface area (Å²) in [5, 5.41) is 3.54. The predicted molar refractivity (Wildman–Crippen MR) is 75.8 cm³/mol. The Morgan fingerprint density at radius 3 is 2.67 bits per heavy atom. The van der Waals surface area contributed by atoms with Gasteiger partial charge in [-0.2, -0.15) is 11.8 Å². The minimum Gasteiger partial charge on any atom is -0.465 e. The molecule has 0 aromatic rings. The van der Waals surface area contributed by atoms with Crippen LogP contribution < -0.4 is 5.32 Å². The molecule has 2 fully saturated rings. The van der Waals surface area contributed by atoms with Crippen LogP contribution in [0.5, 0.6) is 0 Å². The molecular weight excluding hydrogens is 246 g/mol. The van der Waals surface area contributed by atoms with Crippen molar-refractivity contribution in [1.82, 2.24) is 5.32 Å². The maximum Gasteiger partial charge on any atom is 0.327 e. The third kappa shape index (κ3) is 3.41. The second kappa shape index (κ2) is 5.41. The van der Waals surface area contributed by atoms with Crippen LogP contribution in [0.4, 0.5) is 0 Å². The van der Waals surface area contributed by atoms with Crippen LogP contribution in [0.3, 0.4) is 0 Å². The molecule has 4 heteroatoms. The van der Waals surface area contributed by atoms with Crippen molar-refractivity contribution in [3.05, 3.63) is 0 Å². The van der Waals surface area contributed by atoms with E-state index in [1.165, 1.54) is 12.8 Å². The first-order chi connectivity index (χ1) is 8.47. The molecule has 0 amide bonds. The number of hydrogen-bond acceptors (Lipinski definition) is 4. The van der Waals surface area contributed by atoms with Crippen LogP contribution in [-0.2, 0) is 9.53 Å². The van der Waals surface area contributed by atoms with Crippen molar-refractivity contribution in [1.29, 1.82) is 0 Å². The van der Waals surface area contributed by atoms with Gasteiger partial charge in [-0.15, -0.1) is 0 Å². The van der Waals surface area contributed by atoms with Crippen molar-refractivity contribution in [2.24, 2.45) is 11.3 Å². The molecule has 1 atom stereocenters. The van der Waals surface area contributed by atoms with E-state index in [1.54, 1.807) is 0 Å². The van der Waals surface area contributed by atoms with Crippen molar-refractivity contribution >= 4 is 17.7 Å². The molecule has 1 saturated heterocycles. The van der Waals surface area contributed by atoms with Crippen LogP contribution in [0.15, 0.2) is 0 Å². The normalized spacial score (nSPS) is 31.1. The molecule has 1 aliphatic carbocycles. The van der Waals surface area contributed by atoms with Crippen molar-refractivity contribution in [3.8, 4) is 0 Å². The minimum atomic E-state index is -0.453. The summed E-state index contributed by atoms with van der Waals surface area (Å²) in [4.78, 5) is 12.3. The molecule has 104 valence electrons. The second-order valence-electron chi connectivity index (χ2n) is 6.46. The number of esters is 1. The monoisotopic (exact) mass is 271 g/mol. The molecule has 1 saturated carbocycles. The van der Waals surface area contributed by atoms with Gasteiger partial charge in [0.15, 0.2) is 0 Å². The molecule has 2 aliphatic rings. The molecule has 0 aromatic heterocycles. The Labute approximate surface area is 114 Å². The van der Waals surface area contributed by atoms with Crippen LogP contribution in [0.25, 0.3) is 0 Å². The lowest BCUT2D eigenvalue weighted by molar-refractivity contribution is -0.151. The third-order valence-electron chi connectivity index (χ3n) is 3.71. The Morgan fingerprint density at radius 2 is 2.11 bits per heavy atom. The minimum absolute atomic E-state index is 0.0501. The first-order valence-electron chi connectivity index (χ1n) is 6.97. The van der Waals surface area contributed by atoms with Crippen LogP contribution in [-0.4, -0.2) is 36.2 Å². The van der Waals surface area contributed by atoms with Gasteiger partial charge in [0.25, 0.3) is 0 Å². The molecule has 0 spiro atoms. The van der Waals surface area contributed by atoms with Crippen LogP contribution in [0.1, 0.15) is 40.0 Å². The quantitative estimate of drug-likeness (QED) is 0.780. The second-order valence-corrected chi connectivity index (χ2v) is 7.45. The van der Waals surface area contributed by atoms with Gasteiger partial charge in [0.05, 0.1) is 6.61 Å². The smallest absolute Gasteiger partial charge is 0.327 e. The first kappa shape index (κ1) is 14.2. The highest BCUT2D eigenvalue weighted by Crippen LogP contribution is 2.40. The molecule has 1 aliphatic heterocycles. The van der Waals surface area contributed by atoms with Crippen molar-refractivity contribution in [2.45, 2.75) is 45.6 Å². The number of nitrogens with one attached hydrogen (secondary N) is 1. The summed E-state index contributed by atoms with van der Waals surface area (Å²) < 4.78 is 5.32. The Hall–Kier alpha value is -0.220. The molecule has 0 bridgehead atoms. The molecule has 1 heterocycles. The maximum absolute atomic E-state index is 12.3. The third-order valence-corrected chi connectivity index (χ3v) is 5.40. The zero-order valence-corrected chi connectivity index (χ0v) is 12.6. The van der Waals surface area contributed by atoms with E-state index in [-0.39, 0.29) is 11.4 Å². The van der Waals surface area contributed by atoms with Gasteiger partial charge in [0.1, 0.15) is 5.54 Å². The summed E-state index contributed by atoms with van der Waals surface area (Å²) in [7, 11) is 0. The summed E-state index contributed by atoms with van der Waals surface area (Å²) in [6.07, 6.45) is 3.50. The summed E-state index contributed by atoms with van der Waals surface area (Å²) in [5.74, 6) is 2.71. The lowest BCUT2D eigenvalue weighted by Crippen LogP contribution is -2.60. The Kier molecular flexibility index (Phi) is 4.27. The summed E-state index contributed by atoms with van der Waals surface area (Å²) in [6, 6.07) is 0. The largest absolute Gasteiger partial charge is 0.465 e. The van der Waals surface area contributed by atoms with Gasteiger partial charge < -0.3 is 10.1 Å². The van der Waals surface area contributed by atoms with Crippen LogP contribution in [0, 0.1) is 11.3 Å². The highest BCUT2D eigenvalue weighted by Gasteiger charge is 2.47. The molecule has 1 unspecified atom stereocenters. The van der Waals surface area contributed by atoms with E-state index < -0.39 is 5.54 Å². The number of hydrogen-bond donors (Lipinski definition) is 1. The predicted octanol–water partition coefficient (Wildman–Crippen LogP) is 2.45. The number of rotatable bonds is 5. The number of thioether (sulfide) groups is 1. The van der Waals surface area contributed by atoms with E-state index in [0.29, 0.717) is 6.61 Å². The van der Waals surface area contributed by atoms with Gasteiger partial charge in [-0.3, -0.25) is 4.79 Å². The van der Waals surface area contributed by atoms with E-state index in [4.69, 9.17) is 4.74 Å². The van der Waals surface area contributed by atoms with Crippen LogP contribution in [0.2, 0.25) is 0 Å². The highest BCUT2D eigenvalue weighted by atomic mass is 32.2. The van der Waals surface area contributed by atoms with Crippen molar-refractivity contribution in [2.75, 3.05) is 24.7 Å². The first-order valence-corrected chi connectivity index (χ1v) is 8.13. The maximum atomic E-state index is 12.3. The summed E-state index contributed by atoms with van der Waals surface area (Å²) in [5.41, 5.74) is -0.253. The van der Waals surface area contributed by atoms with Gasteiger partial charge in [0.2, 0.25) is 0 Å².